The summed E-state index contributed by atoms with van der Waals surface area (Å²) in [6.45, 7) is 3.67. The minimum atomic E-state index is -4.06. The van der Waals surface area contributed by atoms with Gasteiger partial charge in [0.1, 0.15) is 5.82 Å². The van der Waals surface area contributed by atoms with E-state index in [1.54, 1.807) is 6.92 Å². The van der Waals surface area contributed by atoms with Crippen molar-refractivity contribution in [2.45, 2.75) is 31.2 Å². The molecule has 1 N–H and O–H groups in total. The Morgan fingerprint density at radius 3 is 2.56 bits per heavy atom. The molecule has 4 nitrogen and oxygen atoms in total. The van der Waals surface area contributed by atoms with Crippen molar-refractivity contribution in [3.63, 3.8) is 0 Å². The van der Waals surface area contributed by atoms with Crippen LogP contribution in [0.5, 0.6) is 0 Å². The normalized spacial score (nSPS) is 13.1. The summed E-state index contributed by atoms with van der Waals surface area (Å²) in [7, 11) is 1.05. The van der Waals surface area contributed by atoms with Crippen molar-refractivity contribution < 1.29 is 17.6 Å². The van der Waals surface area contributed by atoms with Gasteiger partial charge in [-0.2, -0.15) is 0 Å². The molecule has 0 aromatic heterocycles. The predicted molar refractivity (Wildman–Crippen MR) is 66.7 cm³/mol. The highest BCUT2D eigenvalue weighted by molar-refractivity contribution is 8.13. The summed E-state index contributed by atoms with van der Waals surface area (Å²) in [6, 6.07) is 2.69. The third kappa shape index (κ3) is 3.96. The molecule has 0 aliphatic carbocycles. The topological polar surface area (TPSA) is 63.2 Å². The Morgan fingerprint density at radius 1 is 1.44 bits per heavy atom. The van der Waals surface area contributed by atoms with Crippen LogP contribution in [0.2, 0.25) is 0 Å². The monoisotopic (exact) mass is 293 g/mol. The standard InChI is InChI=1S/C11H13ClFNO3S/c1-3-7(2)14-11(15)8-4-9(13)6-10(5-8)18(12,16)17/h4-7H,3H2,1-2H3,(H,14,15). The zero-order valence-electron chi connectivity index (χ0n) is 9.91. The lowest BCUT2D eigenvalue weighted by molar-refractivity contribution is 0.0938. The first-order chi connectivity index (χ1) is 8.24. The SMILES string of the molecule is CCC(C)NC(=O)c1cc(F)cc(S(=O)(=O)Cl)c1. The molecule has 1 rings (SSSR count). The minimum absolute atomic E-state index is 0.0745. The highest BCUT2D eigenvalue weighted by Gasteiger charge is 2.16. The number of halogens is 2. The van der Waals surface area contributed by atoms with Gasteiger partial charge >= 0.3 is 0 Å². The summed E-state index contributed by atoms with van der Waals surface area (Å²) in [5.41, 5.74) is -0.0745. The molecule has 1 amide bonds. The number of carbonyl (C=O) groups is 1. The van der Waals surface area contributed by atoms with Crippen molar-refractivity contribution in [1.29, 1.82) is 0 Å². The Bertz CT molecular complexity index is 559. The summed E-state index contributed by atoms with van der Waals surface area (Å²) in [5.74, 6) is -1.36. The van der Waals surface area contributed by atoms with Crippen LogP contribution < -0.4 is 5.32 Å². The molecule has 0 spiro atoms. The van der Waals surface area contributed by atoms with Crippen LogP contribution in [0.3, 0.4) is 0 Å². The van der Waals surface area contributed by atoms with Crippen LogP contribution in [-0.4, -0.2) is 20.4 Å². The van der Waals surface area contributed by atoms with Crippen molar-refractivity contribution in [2.75, 3.05) is 0 Å². The molecule has 18 heavy (non-hydrogen) atoms. The van der Waals surface area contributed by atoms with Crippen LogP contribution >= 0.6 is 10.7 Å². The summed E-state index contributed by atoms with van der Waals surface area (Å²) in [4.78, 5) is 11.3. The van der Waals surface area contributed by atoms with Crippen LogP contribution in [0.1, 0.15) is 30.6 Å². The van der Waals surface area contributed by atoms with Crippen molar-refractivity contribution >= 4 is 25.6 Å². The average molecular weight is 294 g/mol. The first-order valence-electron chi connectivity index (χ1n) is 5.30. The van der Waals surface area contributed by atoms with Crippen LogP contribution in [0, 0.1) is 5.82 Å². The van der Waals surface area contributed by atoms with Gasteiger partial charge in [-0.15, -0.1) is 0 Å². The van der Waals surface area contributed by atoms with E-state index < -0.39 is 25.7 Å². The van der Waals surface area contributed by atoms with E-state index in [0.29, 0.717) is 6.42 Å². The maximum absolute atomic E-state index is 13.2. The number of amides is 1. The lowest BCUT2D eigenvalue weighted by atomic mass is 10.2. The fourth-order valence-electron chi connectivity index (χ4n) is 1.24. The van der Waals surface area contributed by atoms with Gasteiger partial charge in [-0.25, -0.2) is 12.8 Å². The largest absolute Gasteiger partial charge is 0.350 e. The molecule has 0 fully saturated rings. The Labute approximate surface area is 110 Å². The van der Waals surface area contributed by atoms with Gasteiger partial charge in [0, 0.05) is 22.3 Å². The first-order valence-corrected chi connectivity index (χ1v) is 7.61. The molecular weight excluding hydrogens is 281 g/mol. The third-order valence-electron chi connectivity index (χ3n) is 2.40. The van der Waals surface area contributed by atoms with Gasteiger partial charge in [-0.05, 0) is 31.5 Å². The van der Waals surface area contributed by atoms with Crippen LogP contribution in [-0.2, 0) is 9.05 Å². The van der Waals surface area contributed by atoms with E-state index in [4.69, 9.17) is 10.7 Å². The third-order valence-corrected chi connectivity index (χ3v) is 3.74. The molecule has 0 aliphatic heterocycles. The van der Waals surface area contributed by atoms with Gasteiger partial charge in [-0.1, -0.05) is 6.92 Å². The van der Waals surface area contributed by atoms with E-state index >= 15 is 0 Å². The second-order valence-corrected chi connectivity index (χ2v) is 6.46. The number of benzene rings is 1. The molecule has 1 unspecified atom stereocenters. The summed E-state index contributed by atoms with van der Waals surface area (Å²) in [6.07, 6.45) is 0.710. The molecule has 0 heterocycles. The molecule has 7 heteroatoms. The molecule has 0 saturated heterocycles. The maximum Gasteiger partial charge on any atom is 0.261 e. The van der Waals surface area contributed by atoms with E-state index in [2.05, 4.69) is 5.32 Å². The predicted octanol–water partition coefficient (Wildman–Crippen LogP) is 2.28. The Hall–Kier alpha value is -1.14. The zero-order chi connectivity index (χ0) is 13.9. The van der Waals surface area contributed by atoms with Gasteiger partial charge in [0.2, 0.25) is 0 Å². The van der Waals surface area contributed by atoms with E-state index in [1.165, 1.54) is 0 Å². The zero-order valence-corrected chi connectivity index (χ0v) is 11.5. The highest BCUT2D eigenvalue weighted by atomic mass is 35.7. The van der Waals surface area contributed by atoms with Crippen LogP contribution in [0.4, 0.5) is 4.39 Å². The minimum Gasteiger partial charge on any atom is -0.350 e. The fourth-order valence-corrected chi connectivity index (χ4v) is 2.03. The van der Waals surface area contributed by atoms with Crippen molar-refractivity contribution in [3.8, 4) is 0 Å². The second-order valence-electron chi connectivity index (χ2n) is 3.90. The lowest BCUT2D eigenvalue weighted by Gasteiger charge is -2.11. The van der Waals surface area contributed by atoms with Gasteiger partial charge < -0.3 is 5.32 Å². The van der Waals surface area contributed by atoms with Crippen molar-refractivity contribution in [3.05, 3.63) is 29.6 Å². The average Bonchev–Trinajstić information content (AvgIpc) is 2.26. The molecule has 1 aromatic carbocycles. The number of carbonyl (C=O) groups excluding carboxylic acids is 1. The van der Waals surface area contributed by atoms with E-state index in [1.807, 2.05) is 6.92 Å². The molecule has 0 bridgehead atoms. The van der Waals surface area contributed by atoms with Gasteiger partial charge in [0.05, 0.1) is 4.90 Å². The number of hydrogen-bond donors (Lipinski definition) is 1. The van der Waals surface area contributed by atoms with Crippen LogP contribution in [0.15, 0.2) is 23.1 Å². The number of hydrogen-bond acceptors (Lipinski definition) is 3. The second kappa shape index (κ2) is 5.67. The smallest absolute Gasteiger partial charge is 0.261 e. The quantitative estimate of drug-likeness (QED) is 0.866. The van der Waals surface area contributed by atoms with Gasteiger partial charge in [0.15, 0.2) is 0 Å². The highest BCUT2D eigenvalue weighted by Crippen LogP contribution is 2.18. The van der Waals surface area contributed by atoms with Gasteiger partial charge in [-0.3, -0.25) is 4.79 Å². The molecule has 0 saturated carbocycles. The summed E-state index contributed by atoms with van der Waals surface area (Å²) >= 11 is 0. The Kier molecular flexibility index (Phi) is 4.70. The van der Waals surface area contributed by atoms with Gasteiger partial charge in [0.25, 0.3) is 15.0 Å². The first kappa shape index (κ1) is 14.9. The Balaban J connectivity index is 3.11. The molecule has 1 aromatic rings. The maximum atomic E-state index is 13.2. The van der Waals surface area contributed by atoms with Crippen molar-refractivity contribution in [1.82, 2.24) is 5.32 Å². The van der Waals surface area contributed by atoms with Crippen molar-refractivity contribution in [2.24, 2.45) is 0 Å². The Morgan fingerprint density at radius 2 is 2.06 bits per heavy atom. The van der Waals surface area contributed by atoms with Crippen LogP contribution in [0.25, 0.3) is 0 Å². The molecule has 1 atom stereocenters. The molecule has 0 aliphatic rings. The molecular formula is C11H13ClFNO3S. The molecule has 100 valence electrons. The molecule has 0 radical (unpaired) electrons. The summed E-state index contributed by atoms with van der Waals surface area (Å²) < 4.78 is 35.4. The van der Waals surface area contributed by atoms with E-state index in [0.717, 1.165) is 18.2 Å². The van der Waals surface area contributed by atoms with E-state index in [9.17, 15) is 17.6 Å². The van der Waals surface area contributed by atoms with E-state index in [-0.39, 0.29) is 11.6 Å². The number of rotatable bonds is 4. The summed E-state index contributed by atoms with van der Waals surface area (Å²) in [5, 5.41) is 2.61. The fraction of sp³-hybridized carbons (Fsp3) is 0.364. The number of nitrogens with one attached hydrogen (secondary N) is 1. The lowest BCUT2D eigenvalue weighted by Crippen LogP contribution is -2.32.